The zero-order valence-electron chi connectivity index (χ0n) is 27.4. The fourth-order valence-electron chi connectivity index (χ4n) is 8.12. The van der Waals surface area contributed by atoms with Gasteiger partial charge < -0.3 is 20.6 Å². The van der Waals surface area contributed by atoms with Crippen molar-refractivity contribution < 1.29 is 14.7 Å². The first-order valence-corrected chi connectivity index (χ1v) is 17.3. The van der Waals surface area contributed by atoms with Crippen LogP contribution in [0.15, 0.2) is 67.0 Å². The van der Waals surface area contributed by atoms with Crippen molar-refractivity contribution in [2.75, 3.05) is 41.7 Å². The van der Waals surface area contributed by atoms with Crippen molar-refractivity contribution in [3.63, 3.8) is 0 Å². The summed E-state index contributed by atoms with van der Waals surface area (Å²) in [5, 5.41) is 21.3. The number of anilines is 3. The Hall–Kier alpha value is -5.10. The van der Waals surface area contributed by atoms with Crippen molar-refractivity contribution in [1.82, 2.24) is 30.4 Å². The molecular weight excluding hydrogens is 618 g/mol. The van der Waals surface area contributed by atoms with Crippen LogP contribution in [-0.2, 0) is 16.1 Å². The molecule has 8 rings (SSSR count). The quantitative estimate of drug-likeness (QED) is 0.247. The maximum absolute atomic E-state index is 12.2. The van der Waals surface area contributed by atoms with Crippen molar-refractivity contribution in [3.05, 3.63) is 83.7 Å². The highest BCUT2D eigenvalue weighted by Gasteiger charge is 2.42. The van der Waals surface area contributed by atoms with Crippen LogP contribution in [0.5, 0.6) is 5.75 Å². The Kier molecular flexibility index (Phi) is 8.32. The number of carbonyl (C=O) groups is 2. The molecule has 4 aliphatic heterocycles. The highest BCUT2D eigenvalue weighted by atomic mass is 16.3. The number of amides is 2. The molecule has 3 atom stereocenters. The molecular formula is C37H41N9O3. The number of nitrogens with one attached hydrogen (secondary N) is 1. The van der Waals surface area contributed by atoms with Crippen LogP contribution in [0.25, 0.3) is 11.3 Å². The van der Waals surface area contributed by atoms with Gasteiger partial charge >= 0.3 is 0 Å². The number of hydrogen-bond acceptors (Lipinski definition) is 11. The maximum atomic E-state index is 12.2. The second-order valence-electron chi connectivity index (χ2n) is 13.8. The molecule has 4 fully saturated rings. The first-order chi connectivity index (χ1) is 23.9. The summed E-state index contributed by atoms with van der Waals surface area (Å²) in [6.07, 6.45) is 9.28. The van der Waals surface area contributed by atoms with Gasteiger partial charge in [0, 0.05) is 56.1 Å². The number of para-hydroxylation sites is 1. The van der Waals surface area contributed by atoms with Gasteiger partial charge in [0.1, 0.15) is 5.75 Å². The molecule has 4 N–H and O–H groups in total. The number of likely N-dealkylation sites (tertiary alicyclic amines) is 1. The monoisotopic (exact) mass is 659 g/mol. The molecule has 0 saturated carbocycles. The van der Waals surface area contributed by atoms with Crippen LogP contribution >= 0.6 is 0 Å². The van der Waals surface area contributed by atoms with E-state index in [0.29, 0.717) is 35.8 Å². The van der Waals surface area contributed by atoms with Gasteiger partial charge in [-0.1, -0.05) is 36.4 Å². The van der Waals surface area contributed by atoms with Crippen LogP contribution in [0.1, 0.15) is 67.1 Å². The number of aromatic nitrogens is 4. The number of phenolic OH excluding ortho intramolecular Hbond substituents is 1. The van der Waals surface area contributed by atoms with E-state index in [1.807, 2.05) is 42.7 Å². The van der Waals surface area contributed by atoms with Gasteiger partial charge in [-0.15, -0.1) is 10.2 Å². The third-order valence-corrected chi connectivity index (χ3v) is 10.8. The van der Waals surface area contributed by atoms with Crippen molar-refractivity contribution in [2.24, 2.45) is 0 Å². The van der Waals surface area contributed by atoms with Gasteiger partial charge in [-0.2, -0.15) is 0 Å². The maximum Gasteiger partial charge on any atom is 0.234 e. The molecule has 3 unspecified atom stereocenters. The van der Waals surface area contributed by atoms with E-state index in [2.05, 4.69) is 42.3 Å². The SMILES string of the molecule is Nc1nnc(-c2ccccc2O)cc1N1CC2CCC(C1)N2c1ncc(C2CCN(Cc3ccc(C4CCC(=O)NC4=O)cc3)CC2)cn1. The molecule has 12 heteroatoms. The van der Waals surface area contributed by atoms with Gasteiger partial charge in [0.25, 0.3) is 0 Å². The van der Waals surface area contributed by atoms with Gasteiger partial charge in [-0.3, -0.25) is 19.8 Å². The summed E-state index contributed by atoms with van der Waals surface area (Å²) >= 11 is 0. The lowest BCUT2D eigenvalue weighted by Crippen LogP contribution is -2.54. The number of benzene rings is 2. The number of piperazine rings is 1. The molecule has 12 nitrogen and oxygen atoms in total. The van der Waals surface area contributed by atoms with Crippen molar-refractivity contribution in [3.8, 4) is 17.0 Å². The van der Waals surface area contributed by atoms with E-state index >= 15 is 0 Å². The molecule has 4 aliphatic rings. The number of nitrogens with two attached hydrogens (primary N) is 1. The molecule has 2 aromatic carbocycles. The largest absolute Gasteiger partial charge is 0.507 e. The van der Waals surface area contributed by atoms with E-state index in [9.17, 15) is 14.7 Å². The summed E-state index contributed by atoms with van der Waals surface area (Å²) in [6.45, 7) is 4.47. The Morgan fingerprint density at radius 3 is 2.27 bits per heavy atom. The molecule has 49 heavy (non-hydrogen) atoms. The first-order valence-electron chi connectivity index (χ1n) is 17.3. The number of nitrogens with zero attached hydrogens (tertiary/aromatic N) is 7. The van der Waals surface area contributed by atoms with Crippen LogP contribution in [0.4, 0.5) is 17.5 Å². The van der Waals surface area contributed by atoms with Crippen LogP contribution in [0, 0.1) is 0 Å². The van der Waals surface area contributed by atoms with Crippen LogP contribution in [-0.4, -0.2) is 80.2 Å². The average molecular weight is 660 g/mol. The first kappa shape index (κ1) is 31.2. The van der Waals surface area contributed by atoms with Crippen molar-refractivity contribution in [1.29, 1.82) is 0 Å². The number of piperidine rings is 2. The number of hydrogen-bond donors (Lipinski definition) is 3. The Morgan fingerprint density at radius 1 is 0.857 bits per heavy atom. The Balaban J connectivity index is 0.865. The molecule has 2 amide bonds. The predicted octanol–water partition coefficient (Wildman–Crippen LogP) is 3.98. The Morgan fingerprint density at radius 2 is 1.57 bits per heavy atom. The van der Waals surface area contributed by atoms with Gasteiger partial charge in [-0.05, 0) is 86.0 Å². The van der Waals surface area contributed by atoms with Gasteiger partial charge in [0.2, 0.25) is 17.8 Å². The molecule has 252 valence electrons. The van der Waals surface area contributed by atoms with E-state index < -0.39 is 0 Å². The number of carbonyl (C=O) groups excluding carboxylic acids is 2. The smallest absolute Gasteiger partial charge is 0.234 e. The summed E-state index contributed by atoms with van der Waals surface area (Å²) in [7, 11) is 0. The molecule has 0 radical (unpaired) electrons. The normalized spacial score (nSPS) is 23.1. The number of fused-ring (bicyclic) bond motifs is 2. The van der Waals surface area contributed by atoms with Gasteiger partial charge in [0.05, 0.1) is 17.3 Å². The molecule has 4 aromatic rings. The number of aromatic hydroxyl groups is 1. The fourth-order valence-corrected chi connectivity index (χ4v) is 8.12. The number of phenols is 1. The lowest BCUT2D eigenvalue weighted by atomic mass is 9.89. The zero-order chi connectivity index (χ0) is 33.5. The summed E-state index contributed by atoms with van der Waals surface area (Å²) in [4.78, 5) is 40.7. The molecule has 2 bridgehead atoms. The van der Waals surface area contributed by atoms with E-state index in [4.69, 9.17) is 15.7 Å². The summed E-state index contributed by atoms with van der Waals surface area (Å²) in [5.41, 5.74) is 11.8. The third-order valence-electron chi connectivity index (χ3n) is 10.8. The van der Waals surface area contributed by atoms with Gasteiger partial charge in [-0.25, -0.2) is 9.97 Å². The van der Waals surface area contributed by atoms with Crippen molar-refractivity contribution >= 4 is 29.3 Å². The molecule has 0 spiro atoms. The topological polar surface area (TPSA) is 154 Å². The van der Waals surface area contributed by atoms with Crippen LogP contribution in [0.3, 0.4) is 0 Å². The molecule has 0 aliphatic carbocycles. The standard InChI is InChI=1S/C37H41N9O3/c38-35-32(17-31(42-43-35)30-3-1-2-4-33(30)47)45-21-27-9-10-28(22-45)46(27)37-39-18-26(19-40-37)24-13-15-44(16-14-24)20-23-5-7-25(8-6-23)29-11-12-34(48)41-36(29)49/h1-8,17-19,24,27-29,47H,9-16,20-22H2,(H2,38,43)(H,41,48,49). The number of nitrogen functional groups attached to an aromatic ring is 1. The van der Waals surface area contributed by atoms with Crippen LogP contribution < -0.4 is 20.9 Å². The molecule has 6 heterocycles. The summed E-state index contributed by atoms with van der Waals surface area (Å²) in [6, 6.07) is 17.9. The lowest BCUT2D eigenvalue weighted by molar-refractivity contribution is -0.134. The lowest BCUT2D eigenvalue weighted by Gasteiger charge is -2.42. The highest BCUT2D eigenvalue weighted by Crippen LogP contribution is 2.38. The Labute approximate surface area is 285 Å². The minimum Gasteiger partial charge on any atom is -0.507 e. The summed E-state index contributed by atoms with van der Waals surface area (Å²) < 4.78 is 0. The zero-order valence-corrected chi connectivity index (χ0v) is 27.4. The minimum absolute atomic E-state index is 0.166. The second-order valence-corrected chi connectivity index (χ2v) is 13.8. The molecule has 2 aromatic heterocycles. The number of imide groups is 1. The van der Waals surface area contributed by atoms with E-state index in [1.165, 1.54) is 11.1 Å². The van der Waals surface area contributed by atoms with Gasteiger partial charge in [0.15, 0.2) is 5.82 Å². The van der Waals surface area contributed by atoms with E-state index in [1.54, 1.807) is 12.1 Å². The van der Waals surface area contributed by atoms with Crippen molar-refractivity contribution in [2.45, 2.75) is 69.0 Å². The van der Waals surface area contributed by atoms with Crippen LogP contribution in [0.2, 0.25) is 0 Å². The highest BCUT2D eigenvalue weighted by molar-refractivity contribution is 6.00. The summed E-state index contributed by atoms with van der Waals surface area (Å²) in [5.74, 6) is 1.17. The van der Waals surface area contributed by atoms with E-state index in [-0.39, 0.29) is 35.6 Å². The molecule has 4 saturated heterocycles. The second kappa shape index (κ2) is 13.1. The Bertz CT molecular complexity index is 1830. The average Bonchev–Trinajstić information content (AvgIpc) is 3.38. The third kappa shape index (κ3) is 6.28. The fraction of sp³-hybridized carbons (Fsp3) is 0.405. The predicted molar refractivity (Wildman–Crippen MR) is 186 cm³/mol. The number of rotatable bonds is 7. The van der Waals surface area contributed by atoms with E-state index in [0.717, 1.165) is 75.6 Å². The minimum atomic E-state index is -0.245.